The largest absolute Gasteiger partial charge is 0.381 e. The molecular formula is C30H32FN7O3. The van der Waals surface area contributed by atoms with Crippen molar-refractivity contribution >= 4 is 16.7 Å². The SMILES string of the molecule is C[C@@H]1CN(c2cc(=O)n(C)c3ccc(C#N)nc23)[C@@H](C)CN1C(c1ccc(F)cc1)c1nc(C2CCOCC2)no1. The molecule has 1 aromatic carbocycles. The van der Waals surface area contributed by atoms with Gasteiger partial charge in [0.15, 0.2) is 5.82 Å². The third-order valence-electron chi connectivity index (χ3n) is 8.32. The molecule has 10 nitrogen and oxygen atoms in total. The summed E-state index contributed by atoms with van der Waals surface area (Å²) in [5.41, 5.74) is 3.01. The Morgan fingerprint density at radius 1 is 1.05 bits per heavy atom. The van der Waals surface area contributed by atoms with Gasteiger partial charge < -0.3 is 18.7 Å². The van der Waals surface area contributed by atoms with Crippen molar-refractivity contribution in [3.8, 4) is 6.07 Å². The summed E-state index contributed by atoms with van der Waals surface area (Å²) in [6, 6.07) is 13.1. The van der Waals surface area contributed by atoms with Crippen LogP contribution in [-0.2, 0) is 11.8 Å². The molecule has 41 heavy (non-hydrogen) atoms. The first kappa shape index (κ1) is 27.1. The molecule has 11 heteroatoms. The van der Waals surface area contributed by atoms with Gasteiger partial charge in [-0.05, 0) is 56.5 Å². The number of hydrogen-bond acceptors (Lipinski definition) is 9. The molecule has 0 saturated carbocycles. The minimum absolute atomic E-state index is 0.0158. The van der Waals surface area contributed by atoms with Gasteiger partial charge in [-0.1, -0.05) is 17.3 Å². The van der Waals surface area contributed by atoms with Crippen LogP contribution in [0.25, 0.3) is 11.0 Å². The summed E-state index contributed by atoms with van der Waals surface area (Å²) in [5.74, 6) is 1.03. The van der Waals surface area contributed by atoms with Gasteiger partial charge in [-0.25, -0.2) is 9.37 Å². The number of halogens is 1. The Morgan fingerprint density at radius 3 is 2.54 bits per heavy atom. The summed E-state index contributed by atoms with van der Waals surface area (Å²) in [6.07, 6.45) is 1.69. The van der Waals surface area contributed by atoms with Gasteiger partial charge >= 0.3 is 0 Å². The van der Waals surface area contributed by atoms with Gasteiger partial charge in [0, 0.05) is 57.4 Å². The average molecular weight is 558 g/mol. The summed E-state index contributed by atoms with van der Waals surface area (Å²) in [6.45, 7) is 6.75. The van der Waals surface area contributed by atoms with Crippen molar-refractivity contribution in [2.45, 2.75) is 50.7 Å². The van der Waals surface area contributed by atoms with E-state index in [2.05, 4.69) is 39.9 Å². The van der Waals surface area contributed by atoms with Crippen LogP contribution in [0.4, 0.5) is 10.1 Å². The molecule has 0 amide bonds. The maximum Gasteiger partial charge on any atom is 0.252 e. The number of aryl methyl sites for hydroxylation is 1. The molecule has 2 aliphatic rings. The number of nitriles is 1. The third kappa shape index (κ3) is 5.09. The van der Waals surface area contributed by atoms with Crippen molar-refractivity contribution in [2.75, 3.05) is 31.2 Å². The maximum atomic E-state index is 13.9. The van der Waals surface area contributed by atoms with Crippen LogP contribution >= 0.6 is 0 Å². The lowest BCUT2D eigenvalue weighted by atomic mass is 9.98. The fourth-order valence-electron chi connectivity index (χ4n) is 6.04. The zero-order chi connectivity index (χ0) is 28.7. The quantitative estimate of drug-likeness (QED) is 0.360. The number of hydrogen-bond donors (Lipinski definition) is 0. The van der Waals surface area contributed by atoms with Gasteiger partial charge in [0.25, 0.3) is 5.56 Å². The number of anilines is 1. The molecule has 4 aromatic rings. The van der Waals surface area contributed by atoms with E-state index in [-0.39, 0.29) is 35.4 Å². The monoisotopic (exact) mass is 557 g/mol. The summed E-state index contributed by atoms with van der Waals surface area (Å²) in [5, 5.41) is 13.8. The number of rotatable bonds is 5. The minimum Gasteiger partial charge on any atom is -0.381 e. The normalized spacial score (nSPS) is 21.2. The number of pyridine rings is 2. The lowest BCUT2D eigenvalue weighted by molar-refractivity contribution is 0.0830. The first-order chi connectivity index (χ1) is 19.8. The maximum absolute atomic E-state index is 13.9. The van der Waals surface area contributed by atoms with Crippen molar-refractivity contribution in [3.63, 3.8) is 0 Å². The Bertz CT molecular complexity index is 1660. The molecule has 0 aliphatic carbocycles. The zero-order valence-electron chi connectivity index (χ0n) is 23.3. The predicted octanol–water partition coefficient (Wildman–Crippen LogP) is 3.91. The fourth-order valence-corrected chi connectivity index (χ4v) is 6.04. The van der Waals surface area contributed by atoms with E-state index in [1.54, 1.807) is 41.9 Å². The molecule has 5 heterocycles. The van der Waals surface area contributed by atoms with Crippen LogP contribution in [-0.4, -0.2) is 63.0 Å². The molecular weight excluding hydrogens is 525 g/mol. The second-order valence-corrected chi connectivity index (χ2v) is 11.0. The summed E-state index contributed by atoms with van der Waals surface area (Å²) >= 11 is 0. The van der Waals surface area contributed by atoms with Gasteiger partial charge in [0.1, 0.15) is 29.1 Å². The third-order valence-corrected chi connectivity index (χ3v) is 8.32. The van der Waals surface area contributed by atoms with Crippen LogP contribution in [0.1, 0.15) is 61.6 Å². The Kier molecular flexibility index (Phi) is 7.28. The molecule has 0 bridgehead atoms. The standard InChI is InChI=1S/C30H32FN7O3/c1-18-17-38(19(2)16-37(18)25-14-26(39)36(3)24-9-8-23(15-32)33-27(24)25)28(20-4-6-22(31)7-5-20)30-34-29(35-41-30)21-10-12-40-13-11-21/h4-9,14,18-19,21,28H,10-13,16-17H2,1-3H3/t18-,19+,28?/m0/s1. The van der Waals surface area contributed by atoms with Gasteiger partial charge in [-0.3, -0.25) is 9.69 Å². The second-order valence-electron chi connectivity index (χ2n) is 11.0. The van der Waals surface area contributed by atoms with E-state index in [1.807, 2.05) is 0 Å². The molecule has 3 aromatic heterocycles. The average Bonchev–Trinajstić information content (AvgIpc) is 3.48. The van der Waals surface area contributed by atoms with Crippen molar-refractivity contribution in [3.05, 3.63) is 81.6 Å². The van der Waals surface area contributed by atoms with E-state index >= 15 is 0 Å². The number of ether oxygens (including phenoxy) is 1. The van der Waals surface area contributed by atoms with E-state index in [0.717, 1.165) is 18.4 Å². The van der Waals surface area contributed by atoms with Crippen LogP contribution in [0, 0.1) is 17.1 Å². The summed E-state index contributed by atoms with van der Waals surface area (Å²) in [7, 11) is 1.71. The first-order valence-electron chi connectivity index (χ1n) is 13.9. The van der Waals surface area contributed by atoms with Crippen LogP contribution in [0.15, 0.2) is 51.8 Å². The molecule has 1 unspecified atom stereocenters. The topological polar surface area (TPSA) is 113 Å². The summed E-state index contributed by atoms with van der Waals surface area (Å²) in [4.78, 5) is 26.8. The van der Waals surface area contributed by atoms with E-state index in [0.29, 0.717) is 60.4 Å². The van der Waals surface area contributed by atoms with Crippen molar-refractivity contribution < 1.29 is 13.7 Å². The Morgan fingerprint density at radius 2 is 1.80 bits per heavy atom. The van der Waals surface area contributed by atoms with Crippen molar-refractivity contribution in [1.82, 2.24) is 24.6 Å². The lowest BCUT2D eigenvalue weighted by Crippen LogP contribution is -2.57. The van der Waals surface area contributed by atoms with Crippen LogP contribution in [0.3, 0.4) is 0 Å². The Hall–Kier alpha value is -4.14. The van der Waals surface area contributed by atoms with Crippen molar-refractivity contribution in [2.24, 2.45) is 7.05 Å². The number of piperazine rings is 1. The molecule has 2 saturated heterocycles. The van der Waals surface area contributed by atoms with E-state index < -0.39 is 0 Å². The van der Waals surface area contributed by atoms with Crippen LogP contribution in [0.2, 0.25) is 0 Å². The molecule has 6 rings (SSSR count). The number of nitrogens with zero attached hydrogens (tertiary/aromatic N) is 7. The van der Waals surface area contributed by atoms with E-state index in [4.69, 9.17) is 14.2 Å². The number of fused-ring (bicyclic) bond motifs is 1. The Balaban J connectivity index is 1.36. The smallest absolute Gasteiger partial charge is 0.252 e. The molecule has 0 spiro atoms. The predicted molar refractivity (Wildman–Crippen MR) is 150 cm³/mol. The number of aromatic nitrogens is 4. The molecule has 2 aliphatic heterocycles. The van der Waals surface area contributed by atoms with E-state index in [9.17, 15) is 14.4 Å². The first-order valence-corrected chi connectivity index (χ1v) is 13.9. The highest BCUT2D eigenvalue weighted by molar-refractivity contribution is 5.89. The molecule has 212 valence electrons. The van der Waals surface area contributed by atoms with Crippen LogP contribution < -0.4 is 10.5 Å². The van der Waals surface area contributed by atoms with E-state index in [1.165, 1.54) is 12.1 Å². The molecule has 3 atom stereocenters. The fraction of sp³-hybridized carbons (Fsp3) is 0.433. The van der Waals surface area contributed by atoms with Gasteiger partial charge in [-0.15, -0.1) is 0 Å². The van der Waals surface area contributed by atoms with Gasteiger partial charge in [-0.2, -0.15) is 10.2 Å². The minimum atomic E-state index is -0.375. The highest BCUT2D eigenvalue weighted by Gasteiger charge is 2.38. The van der Waals surface area contributed by atoms with Gasteiger partial charge in [0.2, 0.25) is 5.89 Å². The highest BCUT2D eigenvalue weighted by Crippen LogP contribution is 2.36. The lowest BCUT2D eigenvalue weighted by Gasteiger charge is -2.47. The highest BCUT2D eigenvalue weighted by atomic mass is 19.1. The Labute approximate surface area is 237 Å². The molecule has 2 fully saturated rings. The summed E-state index contributed by atoms with van der Waals surface area (Å²) < 4.78 is 26.9. The molecule has 0 radical (unpaired) electrons. The number of benzene rings is 1. The second kappa shape index (κ2) is 11.0. The van der Waals surface area contributed by atoms with Gasteiger partial charge in [0.05, 0.1) is 11.2 Å². The van der Waals surface area contributed by atoms with Crippen LogP contribution in [0.5, 0.6) is 0 Å². The molecule has 0 N–H and O–H groups in total. The zero-order valence-corrected chi connectivity index (χ0v) is 23.3. The van der Waals surface area contributed by atoms with Crippen molar-refractivity contribution in [1.29, 1.82) is 5.26 Å².